The van der Waals surface area contributed by atoms with Crippen molar-refractivity contribution in [2.45, 2.75) is 19.1 Å². The molecular weight excluding hydrogens is 608 g/mol. The van der Waals surface area contributed by atoms with Crippen LogP contribution in [0, 0.1) is 17.6 Å². The fourth-order valence-corrected chi connectivity index (χ4v) is 6.29. The normalized spacial score (nSPS) is 17.4. The summed E-state index contributed by atoms with van der Waals surface area (Å²) in [6.07, 6.45) is 2.57. The second kappa shape index (κ2) is 14.2. The smallest absolute Gasteiger partial charge is 0.291 e. The molecule has 11 nitrogen and oxygen atoms in total. The van der Waals surface area contributed by atoms with Crippen LogP contribution in [0.3, 0.4) is 0 Å². The molecule has 4 N–H and O–H groups in total. The summed E-state index contributed by atoms with van der Waals surface area (Å²) < 4.78 is 35.1. The van der Waals surface area contributed by atoms with Gasteiger partial charge in [-0.1, -0.05) is 11.6 Å². The molecule has 0 aliphatic carbocycles. The van der Waals surface area contributed by atoms with Gasteiger partial charge >= 0.3 is 0 Å². The van der Waals surface area contributed by atoms with E-state index in [1.165, 1.54) is 43.1 Å². The molecule has 2 aromatic carbocycles. The van der Waals surface area contributed by atoms with Crippen LogP contribution < -0.4 is 15.8 Å². The molecular formula is C31H38ClF2N7O4. The number of amides is 2. The number of nitrogens with two attached hydrogens (primary N) is 1. The minimum atomic E-state index is -1.14. The number of methoxy groups -OCH3 is 1. The Bertz CT molecular complexity index is 1540. The molecule has 2 amide bonds. The quantitative estimate of drug-likeness (QED) is 0.324. The van der Waals surface area contributed by atoms with Crippen LogP contribution in [0.2, 0.25) is 5.02 Å². The maximum Gasteiger partial charge on any atom is 0.291 e. The van der Waals surface area contributed by atoms with Gasteiger partial charge in [0.25, 0.3) is 11.8 Å². The van der Waals surface area contributed by atoms with Crippen molar-refractivity contribution in [3.8, 4) is 17.0 Å². The molecule has 45 heavy (non-hydrogen) atoms. The lowest BCUT2D eigenvalue weighted by Crippen LogP contribution is -2.55. The van der Waals surface area contributed by atoms with Crippen LogP contribution >= 0.6 is 11.6 Å². The lowest BCUT2D eigenvalue weighted by molar-refractivity contribution is -0.0720. The first-order valence-electron chi connectivity index (χ1n) is 14.9. The average Bonchev–Trinajstić information content (AvgIpc) is 3.43. The third-order valence-corrected chi connectivity index (χ3v) is 8.98. The number of anilines is 1. The minimum absolute atomic E-state index is 0.0435. The third kappa shape index (κ3) is 6.97. The van der Waals surface area contributed by atoms with Gasteiger partial charge < -0.3 is 35.3 Å². The molecule has 1 aromatic heterocycles. The SMILES string of the molecule is COc1ccc(-c2cnc(C(=O)Nc3ccc(C(=O)N4CCN(C(O)C5CCN(CCN)CC5)CC4)c(Cl)c3)n2C)c(F)c1F. The first kappa shape index (κ1) is 32.8. The number of hydrogen-bond donors (Lipinski definition) is 3. The number of imidazole rings is 1. The molecule has 3 aromatic rings. The summed E-state index contributed by atoms with van der Waals surface area (Å²) in [5.41, 5.74) is 6.41. The number of rotatable bonds is 9. The number of piperazine rings is 1. The number of benzene rings is 2. The number of hydrogen-bond acceptors (Lipinski definition) is 8. The molecule has 1 unspecified atom stereocenters. The van der Waals surface area contributed by atoms with E-state index in [4.69, 9.17) is 22.1 Å². The summed E-state index contributed by atoms with van der Waals surface area (Å²) in [6, 6.07) is 7.24. The van der Waals surface area contributed by atoms with E-state index in [0.29, 0.717) is 44.0 Å². The number of carbonyl (C=O) groups excluding carboxylic acids is 2. The van der Waals surface area contributed by atoms with Crippen LogP contribution in [0.25, 0.3) is 11.3 Å². The molecule has 0 radical (unpaired) electrons. The van der Waals surface area contributed by atoms with Gasteiger partial charge in [0.05, 0.1) is 29.6 Å². The lowest BCUT2D eigenvalue weighted by Gasteiger charge is -2.42. The molecule has 0 saturated carbocycles. The molecule has 5 rings (SSSR count). The largest absolute Gasteiger partial charge is 0.494 e. The average molecular weight is 646 g/mol. The number of nitrogens with zero attached hydrogens (tertiary/aromatic N) is 5. The number of ether oxygens (including phenoxy) is 1. The van der Waals surface area contributed by atoms with E-state index in [-0.39, 0.29) is 39.7 Å². The van der Waals surface area contributed by atoms with Crippen molar-refractivity contribution < 1.29 is 28.2 Å². The van der Waals surface area contributed by atoms with Crippen molar-refractivity contribution in [3.63, 3.8) is 0 Å². The predicted molar refractivity (Wildman–Crippen MR) is 166 cm³/mol. The number of carbonyl (C=O) groups is 2. The summed E-state index contributed by atoms with van der Waals surface area (Å²) in [5.74, 6) is -3.17. The van der Waals surface area contributed by atoms with Gasteiger partial charge in [0, 0.05) is 63.5 Å². The molecule has 242 valence electrons. The van der Waals surface area contributed by atoms with Crippen molar-refractivity contribution in [2.24, 2.45) is 18.7 Å². The fourth-order valence-electron chi connectivity index (χ4n) is 6.03. The van der Waals surface area contributed by atoms with Gasteiger partial charge in [-0.15, -0.1) is 0 Å². The van der Waals surface area contributed by atoms with Crippen LogP contribution in [-0.4, -0.2) is 107 Å². The standard InChI is InChI=1S/C31H38ClF2N7O4/c1-38-24(22-5-6-25(45-2)27(34)26(22)33)18-36-28(38)29(42)37-20-3-4-21(23(32)17-20)31(44)41-15-13-40(14-16-41)30(43)19-7-10-39(11-8-19)12-9-35/h3-6,17-19,30,43H,7-16,35H2,1-2H3,(H,37,42). The van der Waals surface area contributed by atoms with Crippen LogP contribution in [0.4, 0.5) is 14.5 Å². The second-order valence-electron chi connectivity index (χ2n) is 11.3. The Morgan fingerprint density at radius 1 is 1.11 bits per heavy atom. The number of aromatic nitrogens is 2. The summed E-state index contributed by atoms with van der Waals surface area (Å²) in [6.45, 7) is 5.39. The summed E-state index contributed by atoms with van der Waals surface area (Å²) in [5, 5.41) is 13.8. The van der Waals surface area contributed by atoms with Gasteiger partial charge in [-0.3, -0.25) is 14.5 Å². The Kier molecular flexibility index (Phi) is 10.3. The van der Waals surface area contributed by atoms with Crippen molar-refractivity contribution in [1.82, 2.24) is 24.3 Å². The summed E-state index contributed by atoms with van der Waals surface area (Å²) in [7, 11) is 2.75. The van der Waals surface area contributed by atoms with E-state index in [1.54, 1.807) is 17.0 Å². The predicted octanol–water partition coefficient (Wildman–Crippen LogP) is 3.03. The van der Waals surface area contributed by atoms with Crippen LogP contribution in [0.1, 0.15) is 33.8 Å². The molecule has 0 bridgehead atoms. The Morgan fingerprint density at radius 2 is 1.82 bits per heavy atom. The summed E-state index contributed by atoms with van der Waals surface area (Å²) >= 11 is 6.49. The Balaban J connectivity index is 1.18. The molecule has 2 aliphatic rings. The summed E-state index contributed by atoms with van der Waals surface area (Å²) in [4.78, 5) is 36.5. The van der Waals surface area contributed by atoms with Crippen molar-refractivity contribution >= 4 is 29.1 Å². The van der Waals surface area contributed by atoms with E-state index in [0.717, 1.165) is 32.5 Å². The number of piperidine rings is 1. The van der Waals surface area contributed by atoms with Gasteiger partial charge in [-0.2, -0.15) is 4.39 Å². The number of nitrogens with one attached hydrogen (secondary N) is 1. The monoisotopic (exact) mass is 645 g/mol. The van der Waals surface area contributed by atoms with Crippen molar-refractivity contribution in [1.29, 1.82) is 0 Å². The molecule has 3 heterocycles. The number of aliphatic hydroxyl groups excluding tert-OH is 1. The first-order valence-corrected chi connectivity index (χ1v) is 15.3. The van der Waals surface area contributed by atoms with E-state index >= 15 is 0 Å². The van der Waals surface area contributed by atoms with Gasteiger partial charge in [-0.05, 0) is 56.3 Å². The number of likely N-dealkylation sites (tertiary alicyclic amines) is 1. The fraction of sp³-hybridized carbons (Fsp3) is 0.452. The Hall–Kier alpha value is -3.62. The first-order chi connectivity index (χ1) is 21.6. The van der Waals surface area contributed by atoms with Crippen LogP contribution in [0.15, 0.2) is 36.5 Å². The van der Waals surface area contributed by atoms with Gasteiger partial charge in [0.15, 0.2) is 17.4 Å². The van der Waals surface area contributed by atoms with E-state index < -0.39 is 23.8 Å². The van der Waals surface area contributed by atoms with Crippen LogP contribution in [-0.2, 0) is 7.05 Å². The molecule has 14 heteroatoms. The highest BCUT2D eigenvalue weighted by Gasteiger charge is 2.32. The second-order valence-corrected chi connectivity index (χ2v) is 11.7. The number of halogens is 3. The minimum Gasteiger partial charge on any atom is -0.494 e. The van der Waals surface area contributed by atoms with Gasteiger partial charge in [-0.25, -0.2) is 9.37 Å². The third-order valence-electron chi connectivity index (χ3n) is 8.67. The van der Waals surface area contributed by atoms with E-state index in [1.807, 2.05) is 4.90 Å². The Morgan fingerprint density at radius 3 is 2.47 bits per heavy atom. The zero-order valence-electron chi connectivity index (χ0n) is 25.3. The maximum atomic E-state index is 14.7. The van der Waals surface area contributed by atoms with Crippen LogP contribution in [0.5, 0.6) is 5.75 Å². The molecule has 2 saturated heterocycles. The zero-order valence-corrected chi connectivity index (χ0v) is 26.1. The lowest BCUT2D eigenvalue weighted by atomic mass is 9.94. The Labute approximate surface area is 265 Å². The molecule has 2 aliphatic heterocycles. The molecule has 1 atom stereocenters. The maximum absolute atomic E-state index is 14.7. The topological polar surface area (TPSA) is 129 Å². The number of aliphatic hydroxyl groups is 1. The van der Waals surface area contributed by atoms with E-state index in [9.17, 15) is 23.5 Å². The van der Waals surface area contributed by atoms with Gasteiger partial charge in [0.1, 0.15) is 6.23 Å². The highest BCUT2D eigenvalue weighted by atomic mass is 35.5. The molecule has 2 fully saturated rings. The van der Waals surface area contributed by atoms with Crippen molar-refractivity contribution in [2.75, 3.05) is 64.8 Å². The van der Waals surface area contributed by atoms with E-state index in [2.05, 4.69) is 15.2 Å². The van der Waals surface area contributed by atoms with Gasteiger partial charge in [0.2, 0.25) is 5.82 Å². The highest BCUT2D eigenvalue weighted by Crippen LogP contribution is 2.31. The molecule has 0 spiro atoms. The zero-order chi connectivity index (χ0) is 32.2. The van der Waals surface area contributed by atoms with Crippen molar-refractivity contribution in [3.05, 3.63) is 64.6 Å². The highest BCUT2D eigenvalue weighted by molar-refractivity contribution is 6.34.